The summed E-state index contributed by atoms with van der Waals surface area (Å²) in [5.41, 5.74) is 0.192. The van der Waals surface area contributed by atoms with Crippen LogP contribution in [0.25, 0.3) is 0 Å². The Morgan fingerprint density at radius 3 is 3.00 bits per heavy atom. The molecule has 0 aromatic heterocycles. The molecule has 1 unspecified atom stereocenters. The highest BCUT2D eigenvalue weighted by Crippen LogP contribution is 2.21. The lowest BCUT2D eigenvalue weighted by Crippen LogP contribution is -2.49. The molecule has 1 aromatic rings. The summed E-state index contributed by atoms with van der Waals surface area (Å²) in [6, 6.07) is 7.54. The van der Waals surface area contributed by atoms with Crippen molar-refractivity contribution >= 4 is 5.91 Å². The van der Waals surface area contributed by atoms with E-state index in [2.05, 4.69) is 0 Å². The summed E-state index contributed by atoms with van der Waals surface area (Å²) in [6.45, 7) is 2.95. The molecule has 2 rings (SSSR count). The number of hydrogen-bond acceptors (Lipinski definition) is 3. The number of carbonyl (C=O) groups is 1. The summed E-state index contributed by atoms with van der Waals surface area (Å²) in [5, 5.41) is 10.0. The summed E-state index contributed by atoms with van der Waals surface area (Å²) in [6.07, 6.45) is 1.97. The fourth-order valence-electron chi connectivity index (χ4n) is 2.50. The average molecular weight is 263 g/mol. The average Bonchev–Trinajstić information content (AvgIpc) is 2.37. The summed E-state index contributed by atoms with van der Waals surface area (Å²) in [5.74, 6) is 0.823. The molecule has 1 N–H and O–H groups in total. The number of β-amino-alcohol motifs (C(OH)–C–C–N with tert-alkyl or cyclic N) is 1. The molecule has 19 heavy (non-hydrogen) atoms. The molecule has 0 radical (unpaired) electrons. The Kier molecular flexibility index (Phi) is 4.10. The van der Waals surface area contributed by atoms with Gasteiger partial charge in [0, 0.05) is 13.1 Å². The number of likely N-dealkylation sites (tertiary alicyclic amines) is 1. The molecule has 0 saturated carbocycles. The van der Waals surface area contributed by atoms with E-state index in [4.69, 9.17) is 4.74 Å². The number of amides is 1. The van der Waals surface area contributed by atoms with E-state index in [1.54, 1.807) is 18.9 Å². The minimum absolute atomic E-state index is 0.0632. The Hall–Kier alpha value is -1.55. The van der Waals surface area contributed by atoms with E-state index in [1.165, 1.54) is 0 Å². The number of nitrogens with zero attached hydrogens (tertiary/aromatic N) is 1. The highest BCUT2D eigenvalue weighted by Gasteiger charge is 2.30. The molecule has 1 aliphatic heterocycles. The van der Waals surface area contributed by atoms with E-state index in [0.29, 0.717) is 13.0 Å². The number of carbonyl (C=O) groups excluding carboxylic acids is 1. The zero-order valence-electron chi connectivity index (χ0n) is 11.6. The molecule has 0 aliphatic carbocycles. The van der Waals surface area contributed by atoms with Crippen molar-refractivity contribution in [3.8, 4) is 5.75 Å². The maximum Gasteiger partial charge on any atom is 0.227 e. The first kappa shape index (κ1) is 13.9. The second-order valence-electron chi connectivity index (χ2n) is 5.44. The molecule has 1 aliphatic rings. The van der Waals surface area contributed by atoms with Gasteiger partial charge in [-0.1, -0.05) is 12.1 Å². The lowest BCUT2D eigenvalue weighted by molar-refractivity contribution is -0.136. The van der Waals surface area contributed by atoms with Crippen molar-refractivity contribution in [1.82, 2.24) is 4.90 Å². The minimum atomic E-state index is -0.748. The van der Waals surface area contributed by atoms with Crippen LogP contribution in [0.1, 0.15) is 25.3 Å². The standard InChI is InChI=1S/C15H21NO3/c1-15(18)7-4-8-16(11-15)14(17)10-12-5-3-6-13(9-12)19-2/h3,5-6,9,18H,4,7-8,10-11H2,1-2H3. The van der Waals surface area contributed by atoms with E-state index < -0.39 is 5.60 Å². The number of aliphatic hydroxyl groups is 1. The maximum absolute atomic E-state index is 12.2. The van der Waals surface area contributed by atoms with Gasteiger partial charge < -0.3 is 14.7 Å². The summed E-state index contributed by atoms with van der Waals surface area (Å²) >= 11 is 0. The molecule has 0 bridgehead atoms. The Morgan fingerprint density at radius 1 is 1.53 bits per heavy atom. The zero-order valence-corrected chi connectivity index (χ0v) is 11.6. The SMILES string of the molecule is COc1cccc(CC(=O)N2CCCC(C)(O)C2)c1. The van der Waals surface area contributed by atoms with Crippen molar-refractivity contribution in [2.45, 2.75) is 31.8 Å². The molecule has 104 valence electrons. The number of methoxy groups -OCH3 is 1. The van der Waals surface area contributed by atoms with E-state index in [0.717, 1.165) is 30.7 Å². The monoisotopic (exact) mass is 263 g/mol. The lowest BCUT2D eigenvalue weighted by Gasteiger charge is -2.36. The smallest absolute Gasteiger partial charge is 0.227 e. The van der Waals surface area contributed by atoms with Crippen molar-refractivity contribution < 1.29 is 14.6 Å². The molecule has 1 aromatic carbocycles. The van der Waals surface area contributed by atoms with Gasteiger partial charge in [-0.05, 0) is 37.5 Å². The fourth-order valence-corrected chi connectivity index (χ4v) is 2.50. The van der Waals surface area contributed by atoms with E-state index in [9.17, 15) is 9.90 Å². The van der Waals surface area contributed by atoms with Crippen molar-refractivity contribution in [2.75, 3.05) is 20.2 Å². The van der Waals surface area contributed by atoms with Gasteiger partial charge in [0.25, 0.3) is 0 Å². The van der Waals surface area contributed by atoms with Gasteiger partial charge in [-0.3, -0.25) is 4.79 Å². The Morgan fingerprint density at radius 2 is 2.32 bits per heavy atom. The second kappa shape index (κ2) is 5.61. The van der Waals surface area contributed by atoms with Crippen LogP contribution < -0.4 is 4.74 Å². The van der Waals surface area contributed by atoms with Gasteiger partial charge in [0.05, 0.1) is 19.1 Å². The van der Waals surface area contributed by atoms with Crippen LogP contribution in [0.15, 0.2) is 24.3 Å². The van der Waals surface area contributed by atoms with E-state index in [1.807, 2.05) is 24.3 Å². The Balaban J connectivity index is 2.00. The van der Waals surface area contributed by atoms with Crippen molar-refractivity contribution in [1.29, 1.82) is 0 Å². The number of hydrogen-bond donors (Lipinski definition) is 1. The topological polar surface area (TPSA) is 49.8 Å². The molecular formula is C15H21NO3. The lowest BCUT2D eigenvalue weighted by atomic mass is 9.95. The van der Waals surface area contributed by atoms with Gasteiger partial charge >= 0.3 is 0 Å². The fraction of sp³-hybridized carbons (Fsp3) is 0.533. The molecule has 1 atom stereocenters. The van der Waals surface area contributed by atoms with Crippen LogP contribution in [0.4, 0.5) is 0 Å². The van der Waals surface area contributed by atoms with Crippen LogP contribution in [0.3, 0.4) is 0 Å². The number of benzene rings is 1. The molecule has 4 nitrogen and oxygen atoms in total. The maximum atomic E-state index is 12.2. The predicted molar refractivity (Wildman–Crippen MR) is 73.1 cm³/mol. The summed E-state index contributed by atoms with van der Waals surface area (Å²) in [4.78, 5) is 14.0. The zero-order chi connectivity index (χ0) is 13.9. The van der Waals surface area contributed by atoms with Gasteiger partial charge in [0.15, 0.2) is 0 Å². The van der Waals surface area contributed by atoms with Crippen LogP contribution in [-0.4, -0.2) is 41.7 Å². The van der Waals surface area contributed by atoms with Gasteiger partial charge in [-0.2, -0.15) is 0 Å². The Bertz CT molecular complexity index is 456. The first-order valence-corrected chi connectivity index (χ1v) is 6.63. The Labute approximate surface area is 114 Å². The predicted octanol–water partition coefficient (Wildman–Crippen LogP) is 1.61. The van der Waals surface area contributed by atoms with Crippen molar-refractivity contribution in [3.63, 3.8) is 0 Å². The number of piperidine rings is 1. The first-order valence-electron chi connectivity index (χ1n) is 6.63. The first-order chi connectivity index (χ1) is 9.00. The van der Waals surface area contributed by atoms with Crippen molar-refractivity contribution in [3.05, 3.63) is 29.8 Å². The third-order valence-electron chi connectivity index (χ3n) is 3.52. The minimum Gasteiger partial charge on any atom is -0.497 e. The third kappa shape index (κ3) is 3.70. The van der Waals surface area contributed by atoms with Crippen LogP contribution >= 0.6 is 0 Å². The molecule has 1 amide bonds. The van der Waals surface area contributed by atoms with Gasteiger partial charge in [-0.25, -0.2) is 0 Å². The second-order valence-corrected chi connectivity index (χ2v) is 5.44. The third-order valence-corrected chi connectivity index (χ3v) is 3.52. The van der Waals surface area contributed by atoms with E-state index >= 15 is 0 Å². The normalized spacial score (nSPS) is 23.2. The molecular weight excluding hydrogens is 242 g/mol. The van der Waals surface area contributed by atoms with Crippen LogP contribution in [-0.2, 0) is 11.2 Å². The van der Waals surface area contributed by atoms with Crippen LogP contribution in [0.2, 0.25) is 0 Å². The molecule has 1 fully saturated rings. The van der Waals surface area contributed by atoms with Crippen LogP contribution in [0, 0.1) is 0 Å². The molecule has 0 spiro atoms. The van der Waals surface area contributed by atoms with Gasteiger partial charge in [0.1, 0.15) is 5.75 Å². The quantitative estimate of drug-likeness (QED) is 0.901. The highest BCUT2D eigenvalue weighted by atomic mass is 16.5. The number of rotatable bonds is 3. The largest absolute Gasteiger partial charge is 0.497 e. The van der Waals surface area contributed by atoms with Gasteiger partial charge in [-0.15, -0.1) is 0 Å². The molecule has 1 saturated heterocycles. The number of ether oxygens (including phenoxy) is 1. The summed E-state index contributed by atoms with van der Waals surface area (Å²) in [7, 11) is 1.61. The molecule has 1 heterocycles. The molecule has 4 heteroatoms. The summed E-state index contributed by atoms with van der Waals surface area (Å²) < 4.78 is 5.15. The van der Waals surface area contributed by atoms with Crippen molar-refractivity contribution in [2.24, 2.45) is 0 Å². The van der Waals surface area contributed by atoms with E-state index in [-0.39, 0.29) is 5.91 Å². The highest BCUT2D eigenvalue weighted by molar-refractivity contribution is 5.79. The van der Waals surface area contributed by atoms with Crippen LogP contribution in [0.5, 0.6) is 5.75 Å². The van der Waals surface area contributed by atoms with Gasteiger partial charge in [0.2, 0.25) is 5.91 Å².